The predicted octanol–water partition coefficient (Wildman–Crippen LogP) is -2.72. The summed E-state index contributed by atoms with van der Waals surface area (Å²) in [5.41, 5.74) is 0. The molecule has 0 aliphatic carbocycles. The normalized spacial score (nSPS) is 20.4. The molecule has 6 heteroatoms. The molecule has 0 aromatic carbocycles. The highest BCUT2D eigenvalue weighted by molar-refractivity contribution is 5.56. The third-order valence-electron chi connectivity index (χ3n) is 1.67. The van der Waals surface area contributed by atoms with Crippen LogP contribution in [-0.2, 0) is 9.53 Å². The molecule has 4 N–H and O–H groups in total. The Bertz CT molecular complexity index is 150. The van der Waals surface area contributed by atoms with Crippen LogP contribution in [0.4, 0.5) is 0 Å². The van der Waals surface area contributed by atoms with Crippen molar-refractivity contribution in [2.24, 2.45) is 0 Å². The smallest absolute Gasteiger partial charge is 0.151 e. The molecule has 0 amide bonds. The average molecular weight is 194 g/mol. The van der Waals surface area contributed by atoms with E-state index in [0.29, 0.717) is 0 Å². The van der Waals surface area contributed by atoms with Crippen LogP contribution in [-0.4, -0.2) is 64.8 Å². The van der Waals surface area contributed by atoms with Crippen molar-refractivity contribution < 1.29 is 30.0 Å². The monoisotopic (exact) mass is 194 g/mol. The van der Waals surface area contributed by atoms with E-state index in [1.165, 1.54) is 7.11 Å². The van der Waals surface area contributed by atoms with Gasteiger partial charge in [0.05, 0.1) is 6.61 Å². The van der Waals surface area contributed by atoms with Gasteiger partial charge in [-0.25, -0.2) is 0 Å². The van der Waals surface area contributed by atoms with Gasteiger partial charge in [-0.2, -0.15) is 0 Å². The van der Waals surface area contributed by atoms with E-state index in [0.717, 1.165) is 0 Å². The number of aliphatic hydroxyl groups is 4. The lowest BCUT2D eigenvalue weighted by Crippen LogP contribution is -2.47. The summed E-state index contributed by atoms with van der Waals surface area (Å²) < 4.78 is 4.59. The number of aliphatic hydroxyl groups excluding tert-OH is 4. The van der Waals surface area contributed by atoms with Crippen LogP contribution in [0.2, 0.25) is 0 Å². The average Bonchev–Trinajstić information content (AvgIpc) is 2.17. The van der Waals surface area contributed by atoms with E-state index >= 15 is 0 Å². The summed E-state index contributed by atoms with van der Waals surface area (Å²) in [5.74, 6) is 0. The van der Waals surface area contributed by atoms with Crippen molar-refractivity contribution in [3.63, 3.8) is 0 Å². The van der Waals surface area contributed by atoms with Crippen molar-refractivity contribution in [3.05, 3.63) is 0 Å². The summed E-state index contributed by atoms with van der Waals surface area (Å²) in [5, 5.41) is 35.6. The van der Waals surface area contributed by atoms with Crippen LogP contribution < -0.4 is 0 Å². The molecule has 78 valence electrons. The van der Waals surface area contributed by atoms with Gasteiger partial charge >= 0.3 is 0 Å². The Labute approximate surface area is 75.4 Å². The van der Waals surface area contributed by atoms with E-state index < -0.39 is 31.0 Å². The molecule has 6 nitrogen and oxygen atoms in total. The zero-order chi connectivity index (χ0) is 10.4. The summed E-state index contributed by atoms with van der Waals surface area (Å²) in [6.07, 6.45) is -5.53. The largest absolute Gasteiger partial charge is 0.394 e. The van der Waals surface area contributed by atoms with Gasteiger partial charge in [-0.1, -0.05) is 0 Å². The molecule has 0 bridgehead atoms. The standard InChI is InChI=1S/C7H14O6/c1-13-7(5(11)3-9)6(12)4(10)2-8/h3-8,10-12H,2H2,1H3. The van der Waals surface area contributed by atoms with Gasteiger partial charge < -0.3 is 30.0 Å². The van der Waals surface area contributed by atoms with Crippen LogP contribution in [0.15, 0.2) is 0 Å². The van der Waals surface area contributed by atoms with Crippen molar-refractivity contribution in [2.45, 2.75) is 24.4 Å². The van der Waals surface area contributed by atoms with E-state index in [2.05, 4.69) is 4.74 Å². The number of ether oxygens (including phenoxy) is 1. The van der Waals surface area contributed by atoms with Gasteiger partial charge in [0.15, 0.2) is 6.29 Å². The number of hydrogen-bond donors (Lipinski definition) is 4. The highest BCUT2D eigenvalue weighted by Crippen LogP contribution is 2.07. The third kappa shape index (κ3) is 3.37. The Morgan fingerprint density at radius 1 is 1.38 bits per heavy atom. The Morgan fingerprint density at radius 2 is 1.92 bits per heavy atom. The third-order valence-corrected chi connectivity index (χ3v) is 1.67. The second kappa shape index (κ2) is 6.01. The minimum absolute atomic E-state index is 0.182. The molecule has 0 fully saturated rings. The minimum Gasteiger partial charge on any atom is -0.394 e. The van der Waals surface area contributed by atoms with E-state index in [-0.39, 0.29) is 6.29 Å². The van der Waals surface area contributed by atoms with Gasteiger partial charge in [0.1, 0.15) is 24.4 Å². The first-order valence-corrected chi connectivity index (χ1v) is 3.71. The number of rotatable bonds is 6. The van der Waals surface area contributed by atoms with Crippen LogP contribution >= 0.6 is 0 Å². The lowest BCUT2D eigenvalue weighted by Gasteiger charge is -2.25. The lowest BCUT2D eigenvalue weighted by atomic mass is 10.0. The van der Waals surface area contributed by atoms with Crippen molar-refractivity contribution in [1.82, 2.24) is 0 Å². The fourth-order valence-corrected chi connectivity index (χ4v) is 0.885. The van der Waals surface area contributed by atoms with Gasteiger partial charge in [-0.3, -0.25) is 0 Å². The Hall–Kier alpha value is -0.530. The molecule has 0 radical (unpaired) electrons. The fraction of sp³-hybridized carbons (Fsp3) is 0.857. The first-order chi connectivity index (χ1) is 6.08. The van der Waals surface area contributed by atoms with Crippen molar-refractivity contribution in [3.8, 4) is 0 Å². The van der Waals surface area contributed by atoms with Gasteiger partial charge in [0, 0.05) is 7.11 Å². The van der Waals surface area contributed by atoms with E-state index in [1.807, 2.05) is 0 Å². The molecule has 0 spiro atoms. The maximum atomic E-state index is 10.1. The fourth-order valence-electron chi connectivity index (χ4n) is 0.885. The Balaban J connectivity index is 4.29. The molecular formula is C7H14O6. The second-order valence-electron chi connectivity index (χ2n) is 2.57. The molecule has 0 heterocycles. The molecule has 4 unspecified atom stereocenters. The summed E-state index contributed by atoms with van der Waals surface area (Å²) in [6, 6.07) is 0. The Kier molecular flexibility index (Phi) is 5.76. The zero-order valence-electron chi connectivity index (χ0n) is 7.20. The quantitative estimate of drug-likeness (QED) is 0.342. The van der Waals surface area contributed by atoms with Crippen molar-refractivity contribution in [1.29, 1.82) is 0 Å². The van der Waals surface area contributed by atoms with Crippen LogP contribution in [0, 0.1) is 0 Å². The van der Waals surface area contributed by atoms with Gasteiger partial charge in [0.25, 0.3) is 0 Å². The minimum atomic E-state index is -1.53. The van der Waals surface area contributed by atoms with Gasteiger partial charge in [-0.15, -0.1) is 0 Å². The number of aldehydes is 1. The highest BCUT2D eigenvalue weighted by Gasteiger charge is 2.31. The van der Waals surface area contributed by atoms with Crippen LogP contribution in [0.25, 0.3) is 0 Å². The molecular weight excluding hydrogens is 180 g/mol. The van der Waals surface area contributed by atoms with E-state index in [1.54, 1.807) is 0 Å². The lowest BCUT2D eigenvalue weighted by molar-refractivity contribution is -0.143. The number of carbonyl (C=O) groups is 1. The maximum absolute atomic E-state index is 10.1. The van der Waals surface area contributed by atoms with Gasteiger partial charge in [0.2, 0.25) is 0 Å². The molecule has 0 aliphatic heterocycles. The van der Waals surface area contributed by atoms with Crippen LogP contribution in [0.3, 0.4) is 0 Å². The number of methoxy groups -OCH3 is 1. The predicted molar refractivity (Wildman–Crippen MR) is 42.0 cm³/mol. The SMILES string of the molecule is COC(C(O)C=O)C(O)C(O)CO. The molecule has 4 atom stereocenters. The highest BCUT2D eigenvalue weighted by atomic mass is 16.5. The van der Waals surface area contributed by atoms with Crippen LogP contribution in [0.1, 0.15) is 0 Å². The molecule has 13 heavy (non-hydrogen) atoms. The van der Waals surface area contributed by atoms with Crippen molar-refractivity contribution in [2.75, 3.05) is 13.7 Å². The van der Waals surface area contributed by atoms with Crippen molar-refractivity contribution >= 4 is 6.29 Å². The maximum Gasteiger partial charge on any atom is 0.151 e. The molecule has 0 saturated heterocycles. The van der Waals surface area contributed by atoms with Gasteiger partial charge in [-0.05, 0) is 0 Å². The summed E-state index contributed by atoms with van der Waals surface area (Å²) in [4.78, 5) is 10.1. The first kappa shape index (κ1) is 12.5. The van der Waals surface area contributed by atoms with E-state index in [9.17, 15) is 9.90 Å². The summed E-state index contributed by atoms with van der Waals surface area (Å²) in [6.45, 7) is -0.674. The molecule has 0 aromatic rings. The number of hydrogen-bond acceptors (Lipinski definition) is 6. The topological polar surface area (TPSA) is 107 Å². The second-order valence-corrected chi connectivity index (χ2v) is 2.57. The molecule has 0 saturated carbocycles. The van der Waals surface area contributed by atoms with Crippen LogP contribution in [0.5, 0.6) is 0 Å². The molecule has 0 aromatic heterocycles. The molecule has 0 rings (SSSR count). The zero-order valence-corrected chi connectivity index (χ0v) is 7.20. The Morgan fingerprint density at radius 3 is 2.23 bits per heavy atom. The summed E-state index contributed by atoms with van der Waals surface area (Å²) in [7, 11) is 1.17. The van der Waals surface area contributed by atoms with E-state index in [4.69, 9.17) is 15.3 Å². The number of carbonyl (C=O) groups excluding carboxylic acids is 1. The molecule has 0 aliphatic rings. The summed E-state index contributed by atoms with van der Waals surface area (Å²) >= 11 is 0. The first-order valence-electron chi connectivity index (χ1n) is 3.71.